The van der Waals surface area contributed by atoms with E-state index in [2.05, 4.69) is 172 Å². The highest BCUT2D eigenvalue weighted by molar-refractivity contribution is 6.22. The minimum Gasteiger partial charge on any atom is -0.452 e. The molecule has 1 aliphatic carbocycles. The van der Waals surface area contributed by atoms with Crippen LogP contribution < -0.4 is 0 Å². The van der Waals surface area contributed by atoms with Crippen LogP contribution in [0.15, 0.2) is 179 Å². The zero-order valence-electron chi connectivity index (χ0n) is 30.5. The monoisotopic (exact) mass is 702 g/mol. The molecule has 0 amide bonds. The SMILES string of the molecule is CC1(C)c2ccc(-c3cccc4c3oc3c4ccc4c5ccccc5oc43)cc2-c2ccc(-c3c4ccccc4c(-c4ccccc4)c4ccccc34)cc21. The van der Waals surface area contributed by atoms with Crippen molar-refractivity contribution >= 4 is 65.4 Å². The minimum absolute atomic E-state index is 0.174. The zero-order chi connectivity index (χ0) is 36.4. The molecule has 0 saturated heterocycles. The largest absolute Gasteiger partial charge is 0.452 e. The van der Waals surface area contributed by atoms with Crippen molar-refractivity contribution in [2.24, 2.45) is 0 Å². The third-order valence-electron chi connectivity index (χ3n) is 12.3. The van der Waals surface area contributed by atoms with Crippen LogP contribution >= 0.6 is 0 Å². The van der Waals surface area contributed by atoms with Gasteiger partial charge in [0.25, 0.3) is 0 Å². The number of rotatable bonds is 3. The fraction of sp³-hybridized carbons (Fsp3) is 0.0566. The summed E-state index contributed by atoms with van der Waals surface area (Å²) in [6.45, 7) is 4.74. The summed E-state index contributed by atoms with van der Waals surface area (Å²) in [5, 5.41) is 9.44. The quantitative estimate of drug-likeness (QED) is 0.171. The molecule has 0 aliphatic heterocycles. The van der Waals surface area contributed by atoms with E-state index in [1.807, 2.05) is 12.1 Å². The minimum atomic E-state index is -0.174. The van der Waals surface area contributed by atoms with Crippen molar-refractivity contribution in [2.45, 2.75) is 19.3 Å². The summed E-state index contributed by atoms with van der Waals surface area (Å²) in [4.78, 5) is 0. The van der Waals surface area contributed by atoms with E-state index in [1.54, 1.807) is 0 Å². The summed E-state index contributed by atoms with van der Waals surface area (Å²) in [5.74, 6) is 0. The average Bonchev–Trinajstić information content (AvgIpc) is 3.88. The first kappa shape index (κ1) is 30.6. The van der Waals surface area contributed by atoms with E-state index in [0.29, 0.717) is 0 Å². The molecule has 0 fully saturated rings. The number of para-hydroxylation sites is 2. The van der Waals surface area contributed by atoms with E-state index < -0.39 is 0 Å². The second-order valence-corrected chi connectivity index (χ2v) is 15.6. The van der Waals surface area contributed by atoms with Crippen LogP contribution in [0.25, 0.3) is 110 Å². The number of furan rings is 2. The van der Waals surface area contributed by atoms with Crippen LogP contribution in [0.1, 0.15) is 25.0 Å². The van der Waals surface area contributed by atoms with Crippen molar-refractivity contribution in [1.82, 2.24) is 0 Å². The van der Waals surface area contributed by atoms with E-state index in [0.717, 1.165) is 55.0 Å². The highest BCUT2D eigenvalue weighted by Crippen LogP contribution is 2.53. The first-order chi connectivity index (χ1) is 27.0. The van der Waals surface area contributed by atoms with Crippen molar-refractivity contribution in [3.63, 3.8) is 0 Å². The third-order valence-corrected chi connectivity index (χ3v) is 12.3. The Morgan fingerprint density at radius 2 is 0.891 bits per heavy atom. The highest BCUT2D eigenvalue weighted by atomic mass is 16.4. The predicted octanol–water partition coefficient (Wildman–Crippen LogP) is 15.1. The van der Waals surface area contributed by atoms with E-state index in [4.69, 9.17) is 8.83 Å². The molecule has 1 aliphatic rings. The molecule has 0 atom stereocenters. The molecular formula is C53H34O2. The molecule has 0 spiro atoms. The van der Waals surface area contributed by atoms with Crippen LogP contribution in [0.5, 0.6) is 0 Å². The summed E-state index contributed by atoms with van der Waals surface area (Å²) < 4.78 is 13.2. The molecule has 0 radical (unpaired) electrons. The maximum Gasteiger partial charge on any atom is 0.178 e. The van der Waals surface area contributed by atoms with Gasteiger partial charge in [0, 0.05) is 32.5 Å². The normalized spacial score (nSPS) is 13.4. The molecule has 258 valence electrons. The molecule has 2 aromatic heterocycles. The molecule has 2 heteroatoms. The Morgan fingerprint density at radius 1 is 0.327 bits per heavy atom. The lowest BCUT2D eigenvalue weighted by molar-refractivity contribution is 0.634. The van der Waals surface area contributed by atoms with Crippen molar-refractivity contribution in [3.8, 4) is 44.5 Å². The van der Waals surface area contributed by atoms with Crippen LogP contribution in [0.2, 0.25) is 0 Å². The second-order valence-electron chi connectivity index (χ2n) is 15.6. The van der Waals surface area contributed by atoms with Crippen LogP contribution in [-0.2, 0) is 5.41 Å². The van der Waals surface area contributed by atoms with Crippen molar-refractivity contribution < 1.29 is 8.83 Å². The third kappa shape index (κ3) is 4.20. The maximum atomic E-state index is 6.79. The molecule has 11 aromatic rings. The van der Waals surface area contributed by atoms with Gasteiger partial charge in [-0.15, -0.1) is 0 Å². The van der Waals surface area contributed by atoms with Gasteiger partial charge in [-0.3, -0.25) is 0 Å². The molecular weight excluding hydrogens is 669 g/mol. The summed E-state index contributed by atoms with van der Waals surface area (Å²) in [6.07, 6.45) is 0. The number of benzene rings is 9. The summed E-state index contributed by atoms with van der Waals surface area (Å²) >= 11 is 0. The van der Waals surface area contributed by atoms with E-state index in [1.165, 1.54) is 66.1 Å². The molecule has 0 bridgehead atoms. The standard InChI is InChI=1S/C53H34O2/c1-53(2)45-28-24-32(34-20-12-21-41-43-27-26-42-36-15-10-11-22-47(36)54-51(42)52(43)55-50(34)41)29-44(45)35-25-23-33(30-46(35)53)49-39-18-8-6-16-37(39)48(31-13-4-3-5-14-31)38-17-7-9-19-40(38)49/h3-30H,1-2H3. The average molecular weight is 703 g/mol. The Bertz CT molecular complexity index is 3340. The van der Waals surface area contributed by atoms with Crippen LogP contribution in [-0.4, -0.2) is 0 Å². The van der Waals surface area contributed by atoms with Crippen LogP contribution in [0, 0.1) is 0 Å². The van der Waals surface area contributed by atoms with Gasteiger partial charge in [0.1, 0.15) is 11.2 Å². The van der Waals surface area contributed by atoms with E-state index in [-0.39, 0.29) is 5.41 Å². The smallest absolute Gasteiger partial charge is 0.178 e. The van der Waals surface area contributed by atoms with E-state index >= 15 is 0 Å². The summed E-state index contributed by atoms with van der Waals surface area (Å²) in [5.41, 5.74) is 15.8. The van der Waals surface area contributed by atoms with Gasteiger partial charge in [-0.2, -0.15) is 0 Å². The Morgan fingerprint density at radius 3 is 1.62 bits per heavy atom. The van der Waals surface area contributed by atoms with Gasteiger partial charge >= 0.3 is 0 Å². The van der Waals surface area contributed by atoms with Gasteiger partial charge in [0.2, 0.25) is 0 Å². The van der Waals surface area contributed by atoms with Gasteiger partial charge in [-0.25, -0.2) is 0 Å². The second kappa shape index (κ2) is 11.1. The molecule has 55 heavy (non-hydrogen) atoms. The highest BCUT2D eigenvalue weighted by Gasteiger charge is 2.36. The van der Waals surface area contributed by atoms with Crippen molar-refractivity contribution in [3.05, 3.63) is 181 Å². The number of hydrogen-bond acceptors (Lipinski definition) is 2. The van der Waals surface area contributed by atoms with Crippen molar-refractivity contribution in [1.29, 1.82) is 0 Å². The summed E-state index contributed by atoms with van der Waals surface area (Å²) in [7, 11) is 0. The van der Waals surface area contributed by atoms with Crippen molar-refractivity contribution in [2.75, 3.05) is 0 Å². The molecule has 12 rings (SSSR count). The fourth-order valence-corrected chi connectivity index (χ4v) is 9.70. The van der Waals surface area contributed by atoms with Gasteiger partial charge in [-0.1, -0.05) is 153 Å². The first-order valence-electron chi connectivity index (χ1n) is 19.1. The lowest BCUT2D eigenvalue weighted by Gasteiger charge is -2.23. The molecule has 0 unspecified atom stereocenters. The maximum absolute atomic E-state index is 6.79. The van der Waals surface area contributed by atoms with Gasteiger partial charge in [0.05, 0.1) is 0 Å². The topological polar surface area (TPSA) is 26.3 Å². The molecule has 0 saturated carbocycles. The Kier molecular flexibility index (Phi) is 6.15. The van der Waals surface area contributed by atoms with Crippen LogP contribution in [0.3, 0.4) is 0 Å². The fourth-order valence-electron chi connectivity index (χ4n) is 9.70. The molecule has 9 aromatic carbocycles. The lowest BCUT2D eigenvalue weighted by Crippen LogP contribution is -2.15. The van der Waals surface area contributed by atoms with Gasteiger partial charge in [0.15, 0.2) is 11.2 Å². The molecule has 2 heterocycles. The molecule has 0 N–H and O–H groups in total. The zero-order valence-corrected chi connectivity index (χ0v) is 30.5. The Labute approximate surface area is 317 Å². The summed E-state index contributed by atoms with van der Waals surface area (Å²) in [6, 6.07) is 61.8. The van der Waals surface area contributed by atoms with Crippen LogP contribution in [0.4, 0.5) is 0 Å². The lowest BCUT2D eigenvalue weighted by atomic mass is 9.80. The number of fused-ring (bicyclic) bond motifs is 12. The molecule has 2 nitrogen and oxygen atoms in total. The van der Waals surface area contributed by atoms with Gasteiger partial charge in [-0.05, 0) is 102 Å². The first-order valence-corrected chi connectivity index (χ1v) is 19.1. The van der Waals surface area contributed by atoms with E-state index in [9.17, 15) is 0 Å². The predicted molar refractivity (Wildman–Crippen MR) is 230 cm³/mol. The Hall–Kier alpha value is -6.90. The van der Waals surface area contributed by atoms with Gasteiger partial charge < -0.3 is 8.83 Å². The Balaban J connectivity index is 1.03. The number of hydrogen-bond donors (Lipinski definition) is 0.